The van der Waals surface area contributed by atoms with E-state index in [1.54, 1.807) is 30.4 Å². The minimum absolute atomic E-state index is 0.426. The number of nitrogens with zero attached hydrogens (tertiary/aromatic N) is 2. The third kappa shape index (κ3) is 5.67. The zero-order valence-corrected chi connectivity index (χ0v) is 16.9. The molecule has 0 N–H and O–H groups in total. The summed E-state index contributed by atoms with van der Waals surface area (Å²) in [7, 11) is 0. The van der Waals surface area contributed by atoms with Gasteiger partial charge in [-0.1, -0.05) is 42.5 Å². The van der Waals surface area contributed by atoms with Crippen molar-refractivity contribution >= 4 is 34.9 Å². The Morgan fingerprint density at radius 1 is 0.935 bits per heavy atom. The van der Waals surface area contributed by atoms with Crippen molar-refractivity contribution in [3.05, 3.63) is 117 Å². The molecule has 6 nitrogen and oxygen atoms in total. The summed E-state index contributed by atoms with van der Waals surface area (Å²) in [5, 5.41) is 11.2. The van der Waals surface area contributed by atoms with E-state index in [0.717, 1.165) is 28.4 Å². The molecule has 6 heteroatoms. The Bertz CT molecular complexity index is 1210. The number of fused-ring (bicyclic) bond motifs is 1. The van der Waals surface area contributed by atoms with E-state index in [0.29, 0.717) is 24.2 Å². The lowest BCUT2D eigenvalue weighted by atomic mass is 10.1. The molecule has 0 unspecified atom stereocenters. The Morgan fingerprint density at radius 3 is 2.19 bits per heavy atom. The van der Waals surface area contributed by atoms with Crippen LogP contribution in [0, 0.1) is 10.1 Å². The lowest BCUT2D eigenvalue weighted by Gasteiger charge is -2.21. The van der Waals surface area contributed by atoms with E-state index >= 15 is 0 Å². The molecule has 0 bridgehead atoms. The molecular formula is C25H22N2O4. The molecule has 156 valence electrons. The lowest BCUT2D eigenvalue weighted by molar-refractivity contribution is -0.400. The summed E-state index contributed by atoms with van der Waals surface area (Å²) in [5.41, 5.74) is 3.02. The first-order chi connectivity index (χ1) is 15.0. The van der Waals surface area contributed by atoms with E-state index in [9.17, 15) is 14.9 Å². The second-order valence-corrected chi connectivity index (χ2v) is 6.79. The van der Waals surface area contributed by atoms with Crippen LogP contribution in [-0.2, 0) is 0 Å². The van der Waals surface area contributed by atoms with Gasteiger partial charge in [-0.25, -0.2) is 4.79 Å². The molecular weight excluding hydrogens is 392 g/mol. The number of anilines is 1. The van der Waals surface area contributed by atoms with Crippen molar-refractivity contribution < 1.29 is 9.34 Å². The van der Waals surface area contributed by atoms with Crippen molar-refractivity contribution in [1.82, 2.24) is 0 Å². The molecule has 0 aliphatic heterocycles. The Balaban J connectivity index is 1.84. The van der Waals surface area contributed by atoms with Crippen LogP contribution in [0.1, 0.15) is 16.7 Å². The van der Waals surface area contributed by atoms with Gasteiger partial charge in [-0.15, -0.1) is 13.2 Å². The molecule has 3 rings (SSSR count). The Kier molecular flexibility index (Phi) is 6.96. The van der Waals surface area contributed by atoms with E-state index in [-0.39, 0.29) is 0 Å². The molecule has 0 amide bonds. The number of benzene rings is 2. The highest BCUT2D eigenvalue weighted by Crippen LogP contribution is 2.22. The SMILES string of the molecule is C=CCN(CC=C)c1ccc2cc(/C=C/c3ccc(/C=C/[N+](=O)[O-])cc3)c(=O)oc2c1. The van der Waals surface area contributed by atoms with Gasteiger partial charge in [0.1, 0.15) is 5.58 Å². The first kappa shape index (κ1) is 21.5. The summed E-state index contributed by atoms with van der Waals surface area (Å²) in [6.45, 7) is 8.86. The topological polar surface area (TPSA) is 76.6 Å². The van der Waals surface area contributed by atoms with E-state index in [4.69, 9.17) is 4.42 Å². The first-order valence-electron chi connectivity index (χ1n) is 9.64. The van der Waals surface area contributed by atoms with Crippen LogP contribution < -0.4 is 10.5 Å². The number of rotatable bonds is 9. The fraction of sp³-hybridized carbons (Fsp3) is 0.0800. The van der Waals surface area contributed by atoms with Crippen LogP contribution in [0.5, 0.6) is 0 Å². The third-order valence-electron chi connectivity index (χ3n) is 4.59. The Labute approximate surface area is 179 Å². The highest BCUT2D eigenvalue weighted by atomic mass is 16.6. The molecule has 0 spiro atoms. The zero-order chi connectivity index (χ0) is 22.2. The van der Waals surface area contributed by atoms with Gasteiger partial charge < -0.3 is 9.32 Å². The summed E-state index contributed by atoms with van der Waals surface area (Å²) >= 11 is 0. The third-order valence-corrected chi connectivity index (χ3v) is 4.59. The molecule has 0 radical (unpaired) electrons. The highest BCUT2D eigenvalue weighted by Gasteiger charge is 2.08. The second kappa shape index (κ2) is 10.0. The monoisotopic (exact) mass is 414 g/mol. The predicted molar refractivity (Wildman–Crippen MR) is 126 cm³/mol. The average molecular weight is 414 g/mol. The fourth-order valence-electron chi connectivity index (χ4n) is 3.08. The van der Waals surface area contributed by atoms with Crippen LogP contribution in [0.2, 0.25) is 0 Å². The fourth-order valence-corrected chi connectivity index (χ4v) is 3.08. The molecule has 0 fully saturated rings. The van der Waals surface area contributed by atoms with Gasteiger partial charge in [0.2, 0.25) is 6.20 Å². The van der Waals surface area contributed by atoms with Crippen LogP contribution in [0.15, 0.2) is 89.3 Å². The largest absolute Gasteiger partial charge is 0.422 e. The minimum Gasteiger partial charge on any atom is -0.422 e. The maximum atomic E-state index is 12.5. The van der Waals surface area contributed by atoms with Gasteiger partial charge in [-0.05, 0) is 35.4 Å². The van der Waals surface area contributed by atoms with Gasteiger partial charge in [0.05, 0.1) is 10.5 Å². The van der Waals surface area contributed by atoms with E-state index in [1.165, 1.54) is 6.08 Å². The Hall–Kier alpha value is -4.19. The van der Waals surface area contributed by atoms with Gasteiger partial charge in [-0.3, -0.25) is 10.1 Å². The standard InChI is InChI=1S/C25H22N2O4/c1-3-14-26(15-4-2)23-12-11-21-17-22(25(28)31-24(21)18-23)10-9-19-5-7-20(8-6-19)13-16-27(29)30/h3-13,16-18H,1-2,14-15H2/b10-9+,16-13+. The van der Waals surface area contributed by atoms with Gasteiger partial charge >= 0.3 is 5.63 Å². The number of hydrogen-bond acceptors (Lipinski definition) is 5. The van der Waals surface area contributed by atoms with Crippen LogP contribution in [0.4, 0.5) is 5.69 Å². The van der Waals surface area contributed by atoms with Crippen molar-refractivity contribution in [2.75, 3.05) is 18.0 Å². The number of nitro groups is 1. The van der Waals surface area contributed by atoms with Crippen molar-refractivity contribution in [1.29, 1.82) is 0 Å². The van der Waals surface area contributed by atoms with E-state index in [2.05, 4.69) is 18.1 Å². The zero-order valence-electron chi connectivity index (χ0n) is 16.9. The normalized spacial score (nSPS) is 11.2. The predicted octanol–water partition coefficient (Wildman–Crippen LogP) is 5.39. The van der Waals surface area contributed by atoms with Gasteiger partial charge in [-0.2, -0.15) is 0 Å². The maximum absolute atomic E-state index is 12.5. The summed E-state index contributed by atoms with van der Waals surface area (Å²) in [5.74, 6) is 0. The molecule has 1 heterocycles. The smallest absolute Gasteiger partial charge is 0.343 e. The first-order valence-corrected chi connectivity index (χ1v) is 9.64. The molecule has 2 aromatic carbocycles. The molecule has 31 heavy (non-hydrogen) atoms. The number of hydrogen-bond donors (Lipinski definition) is 0. The molecule has 1 aromatic heterocycles. The lowest BCUT2D eigenvalue weighted by Crippen LogP contribution is -2.22. The molecule has 0 saturated carbocycles. The van der Waals surface area contributed by atoms with Gasteiger partial charge in [0.25, 0.3) is 0 Å². The minimum atomic E-state index is -0.508. The molecule has 0 aliphatic carbocycles. The molecule has 0 saturated heterocycles. The summed E-state index contributed by atoms with van der Waals surface area (Å²) in [6.07, 6.45) is 9.42. The second-order valence-electron chi connectivity index (χ2n) is 6.79. The van der Waals surface area contributed by atoms with Crippen LogP contribution in [-0.4, -0.2) is 18.0 Å². The Morgan fingerprint density at radius 2 is 1.58 bits per heavy atom. The molecule has 3 aromatic rings. The van der Waals surface area contributed by atoms with Crippen molar-refractivity contribution in [2.24, 2.45) is 0 Å². The van der Waals surface area contributed by atoms with E-state index < -0.39 is 10.5 Å². The highest BCUT2D eigenvalue weighted by molar-refractivity contribution is 5.83. The summed E-state index contributed by atoms with van der Waals surface area (Å²) in [4.78, 5) is 24.4. The van der Waals surface area contributed by atoms with E-state index in [1.807, 2.05) is 42.5 Å². The maximum Gasteiger partial charge on any atom is 0.343 e. The van der Waals surface area contributed by atoms with Crippen molar-refractivity contribution in [3.63, 3.8) is 0 Å². The summed E-state index contributed by atoms with van der Waals surface area (Å²) < 4.78 is 5.54. The quantitative estimate of drug-likeness (QED) is 0.203. The van der Waals surface area contributed by atoms with Gasteiger partial charge in [0.15, 0.2) is 0 Å². The van der Waals surface area contributed by atoms with Crippen LogP contribution >= 0.6 is 0 Å². The average Bonchev–Trinajstić information content (AvgIpc) is 2.76. The molecule has 0 aliphatic rings. The van der Waals surface area contributed by atoms with Crippen molar-refractivity contribution in [2.45, 2.75) is 0 Å². The molecule has 0 atom stereocenters. The van der Waals surface area contributed by atoms with Gasteiger partial charge in [0, 0.05) is 36.3 Å². The van der Waals surface area contributed by atoms with Crippen LogP contribution in [0.25, 0.3) is 29.2 Å². The van der Waals surface area contributed by atoms with Crippen molar-refractivity contribution in [3.8, 4) is 0 Å². The van der Waals surface area contributed by atoms with Crippen LogP contribution in [0.3, 0.4) is 0 Å². The summed E-state index contributed by atoms with van der Waals surface area (Å²) in [6, 6.07) is 14.7.